The maximum atomic E-state index is 13.0. The number of thioether (sulfide) groups is 1. The lowest BCUT2D eigenvalue weighted by atomic mass is 10.2. The zero-order valence-electron chi connectivity index (χ0n) is 11.8. The Morgan fingerprint density at radius 3 is 2.64 bits per heavy atom. The van der Waals surface area contributed by atoms with Crippen molar-refractivity contribution >= 4 is 23.4 Å². The third-order valence-electron chi connectivity index (χ3n) is 3.19. The van der Waals surface area contributed by atoms with Crippen molar-refractivity contribution < 1.29 is 4.39 Å². The summed E-state index contributed by atoms with van der Waals surface area (Å²) in [5.74, 6) is 1.21. The Morgan fingerprint density at radius 1 is 1.14 bits per heavy atom. The molecule has 6 heteroatoms. The Bertz CT molecular complexity index is 786. The van der Waals surface area contributed by atoms with Gasteiger partial charge in [0.15, 0.2) is 11.0 Å². The molecule has 0 unspecified atom stereocenters. The lowest BCUT2D eigenvalue weighted by Gasteiger charge is -2.04. The van der Waals surface area contributed by atoms with Crippen molar-refractivity contribution in [1.29, 1.82) is 0 Å². The van der Waals surface area contributed by atoms with E-state index in [2.05, 4.69) is 10.2 Å². The van der Waals surface area contributed by atoms with E-state index in [0.717, 1.165) is 27.1 Å². The van der Waals surface area contributed by atoms with Crippen molar-refractivity contribution in [3.8, 4) is 11.4 Å². The Morgan fingerprint density at radius 2 is 1.91 bits per heavy atom. The van der Waals surface area contributed by atoms with Crippen LogP contribution in [0.3, 0.4) is 0 Å². The zero-order chi connectivity index (χ0) is 15.5. The van der Waals surface area contributed by atoms with E-state index < -0.39 is 0 Å². The molecule has 0 aliphatic rings. The Kier molecular flexibility index (Phi) is 4.45. The van der Waals surface area contributed by atoms with Gasteiger partial charge in [-0.05, 0) is 42.0 Å². The summed E-state index contributed by atoms with van der Waals surface area (Å²) in [5.41, 5.74) is 1.97. The predicted octanol–water partition coefficient (Wildman–Crippen LogP) is 4.57. The molecule has 0 spiro atoms. The van der Waals surface area contributed by atoms with Gasteiger partial charge in [-0.1, -0.05) is 35.5 Å². The summed E-state index contributed by atoms with van der Waals surface area (Å²) in [4.78, 5) is 0. The molecule has 3 aromatic rings. The SMILES string of the molecule is Cn1c(SCc2cccc(Cl)c2)nnc1-c1ccc(F)cc1. The van der Waals surface area contributed by atoms with Crippen molar-refractivity contribution in [3.63, 3.8) is 0 Å². The van der Waals surface area contributed by atoms with Gasteiger partial charge in [0.1, 0.15) is 5.82 Å². The number of benzene rings is 2. The first-order valence-corrected chi connectivity index (χ1v) is 8.02. The van der Waals surface area contributed by atoms with E-state index in [0.29, 0.717) is 5.82 Å². The highest BCUT2D eigenvalue weighted by molar-refractivity contribution is 7.98. The average Bonchev–Trinajstić information content (AvgIpc) is 2.87. The standard InChI is InChI=1S/C16H13ClFN3S/c1-21-15(12-5-7-14(18)8-6-12)19-20-16(21)22-10-11-3-2-4-13(17)9-11/h2-9H,10H2,1H3. The van der Waals surface area contributed by atoms with Crippen molar-refractivity contribution in [1.82, 2.24) is 14.8 Å². The number of hydrogen-bond donors (Lipinski definition) is 0. The van der Waals surface area contributed by atoms with Gasteiger partial charge >= 0.3 is 0 Å². The largest absolute Gasteiger partial charge is 0.305 e. The Hall–Kier alpha value is -1.85. The maximum absolute atomic E-state index is 13.0. The zero-order valence-corrected chi connectivity index (χ0v) is 13.4. The van der Waals surface area contributed by atoms with Crippen LogP contribution in [0.15, 0.2) is 53.7 Å². The first kappa shape index (κ1) is 15.1. The summed E-state index contributed by atoms with van der Waals surface area (Å²) >= 11 is 7.57. The van der Waals surface area contributed by atoms with Crippen molar-refractivity contribution in [2.75, 3.05) is 0 Å². The lowest BCUT2D eigenvalue weighted by molar-refractivity contribution is 0.628. The van der Waals surface area contributed by atoms with Gasteiger partial charge in [0, 0.05) is 23.4 Å². The third kappa shape index (κ3) is 3.31. The molecule has 0 aliphatic heterocycles. The summed E-state index contributed by atoms with van der Waals surface area (Å²) in [6.07, 6.45) is 0. The van der Waals surface area contributed by atoms with Gasteiger partial charge in [-0.3, -0.25) is 0 Å². The molecule has 1 aromatic heterocycles. The van der Waals surface area contributed by atoms with E-state index in [9.17, 15) is 4.39 Å². The smallest absolute Gasteiger partial charge is 0.191 e. The lowest BCUT2D eigenvalue weighted by Crippen LogP contribution is -1.95. The summed E-state index contributed by atoms with van der Waals surface area (Å²) in [6.45, 7) is 0. The maximum Gasteiger partial charge on any atom is 0.191 e. The van der Waals surface area contributed by atoms with Crippen LogP contribution in [0.4, 0.5) is 4.39 Å². The molecule has 0 saturated heterocycles. The van der Waals surface area contributed by atoms with Crippen molar-refractivity contribution in [2.24, 2.45) is 7.05 Å². The van der Waals surface area contributed by atoms with E-state index in [1.54, 1.807) is 23.9 Å². The minimum absolute atomic E-state index is 0.263. The van der Waals surface area contributed by atoms with E-state index in [4.69, 9.17) is 11.6 Å². The second-order valence-corrected chi connectivity index (χ2v) is 6.17. The fraction of sp³-hybridized carbons (Fsp3) is 0.125. The predicted molar refractivity (Wildman–Crippen MR) is 87.4 cm³/mol. The quantitative estimate of drug-likeness (QED) is 0.655. The van der Waals surface area contributed by atoms with Crippen LogP contribution in [0.1, 0.15) is 5.56 Å². The van der Waals surface area contributed by atoms with E-state index in [-0.39, 0.29) is 5.82 Å². The van der Waals surface area contributed by atoms with Crippen LogP contribution >= 0.6 is 23.4 Å². The van der Waals surface area contributed by atoms with Gasteiger partial charge in [0.25, 0.3) is 0 Å². The molecule has 0 aliphatic carbocycles. The minimum Gasteiger partial charge on any atom is -0.305 e. The van der Waals surface area contributed by atoms with Crippen LogP contribution in [0.5, 0.6) is 0 Å². The van der Waals surface area contributed by atoms with Gasteiger partial charge < -0.3 is 4.57 Å². The summed E-state index contributed by atoms with van der Waals surface area (Å²) in [7, 11) is 1.90. The van der Waals surface area contributed by atoms with Gasteiger partial charge in [0.05, 0.1) is 0 Å². The molecule has 1 heterocycles. The molecule has 0 amide bonds. The second-order valence-electron chi connectivity index (χ2n) is 4.79. The van der Waals surface area contributed by atoms with Gasteiger partial charge in [-0.25, -0.2) is 4.39 Å². The molecule has 0 atom stereocenters. The molecule has 0 N–H and O–H groups in total. The Balaban J connectivity index is 1.77. The molecule has 3 rings (SSSR count). The number of halogens is 2. The number of hydrogen-bond acceptors (Lipinski definition) is 3. The van der Waals surface area contributed by atoms with Crippen LogP contribution in [0.2, 0.25) is 5.02 Å². The van der Waals surface area contributed by atoms with Crippen LogP contribution in [-0.4, -0.2) is 14.8 Å². The molecule has 3 nitrogen and oxygen atoms in total. The van der Waals surface area contributed by atoms with Crippen LogP contribution in [0.25, 0.3) is 11.4 Å². The summed E-state index contributed by atoms with van der Waals surface area (Å²) < 4.78 is 14.9. The number of rotatable bonds is 4. The first-order valence-electron chi connectivity index (χ1n) is 6.66. The summed E-state index contributed by atoms with van der Waals surface area (Å²) in [6, 6.07) is 14.0. The molecule has 0 fully saturated rings. The first-order chi connectivity index (χ1) is 10.6. The summed E-state index contributed by atoms with van der Waals surface area (Å²) in [5, 5.41) is 9.92. The monoisotopic (exact) mass is 333 g/mol. The molecular formula is C16H13ClFN3S. The normalized spacial score (nSPS) is 10.9. The van der Waals surface area contributed by atoms with Crippen LogP contribution in [-0.2, 0) is 12.8 Å². The fourth-order valence-electron chi connectivity index (χ4n) is 2.07. The highest BCUT2D eigenvalue weighted by Crippen LogP contribution is 2.26. The highest BCUT2D eigenvalue weighted by Gasteiger charge is 2.11. The molecule has 112 valence electrons. The molecular weight excluding hydrogens is 321 g/mol. The van der Waals surface area contributed by atoms with E-state index >= 15 is 0 Å². The molecule has 2 aromatic carbocycles. The number of aromatic nitrogens is 3. The highest BCUT2D eigenvalue weighted by atomic mass is 35.5. The number of nitrogens with zero attached hydrogens (tertiary/aromatic N) is 3. The van der Waals surface area contributed by atoms with Crippen LogP contribution < -0.4 is 0 Å². The average molecular weight is 334 g/mol. The molecule has 0 bridgehead atoms. The molecule has 22 heavy (non-hydrogen) atoms. The second kappa shape index (κ2) is 6.50. The van der Waals surface area contributed by atoms with Gasteiger partial charge in [-0.2, -0.15) is 0 Å². The Labute approximate surface area is 137 Å². The van der Waals surface area contributed by atoms with E-state index in [1.807, 2.05) is 35.9 Å². The molecule has 0 saturated carbocycles. The third-order valence-corrected chi connectivity index (χ3v) is 4.52. The fourth-order valence-corrected chi connectivity index (χ4v) is 3.13. The minimum atomic E-state index is -0.263. The van der Waals surface area contributed by atoms with Gasteiger partial charge in [0.2, 0.25) is 0 Å². The topological polar surface area (TPSA) is 30.7 Å². The van der Waals surface area contributed by atoms with Crippen LogP contribution in [0, 0.1) is 5.82 Å². The van der Waals surface area contributed by atoms with Crippen molar-refractivity contribution in [3.05, 3.63) is 64.9 Å². The van der Waals surface area contributed by atoms with E-state index in [1.165, 1.54) is 12.1 Å². The molecule has 0 radical (unpaired) electrons. The van der Waals surface area contributed by atoms with Crippen molar-refractivity contribution in [2.45, 2.75) is 10.9 Å². The van der Waals surface area contributed by atoms with Gasteiger partial charge in [-0.15, -0.1) is 10.2 Å².